The molecular formula is C17H24ClN3. The van der Waals surface area contributed by atoms with E-state index in [9.17, 15) is 0 Å². The third kappa shape index (κ3) is 2.42. The summed E-state index contributed by atoms with van der Waals surface area (Å²) in [6, 6.07) is 7.99. The zero-order valence-corrected chi connectivity index (χ0v) is 13.6. The van der Waals surface area contributed by atoms with E-state index in [1.807, 2.05) is 18.2 Å². The zero-order chi connectivity index (χ0) is 15.0. The Morgan fingerprint density at radius 1 is 1.38 bits per heavy atom. The van der Waals surface area contributed by atoms with Crippen molar-refractivity contribution in [3.05, 3.63) is 29.3 Å². The van der Waals surface area contributed by atoms with Crippen LogP contribution in [-0.2, 0) is 0 Å². The first kappa shape index (κ1) is 14.7. The van der Waals surface area contributed by atoms with Crippen LogP contribution in [0.25, 0.3) is 0 Å². The van der Waals surface area contributed by atoms with Gasteiger partial charge in [-0.05, 0) is 42.9 Å². The van der Waals surface area contributed by atoms with Crippen LogP contribution in [0, 0.1) is 11.8 Å². The second-order valence-electron chi connectivity index (χ2n) is 6.69. The number of nitrogens with zero attached hydrogens (tertiary/aromatic N) is 2. The van der Waals surface area contributed by atoms with Gasteiger partial charge in [0.15, 0.2) is 5.96 Å². The molecule has 1 aromatic carbocycles. The number of hydrogen-bond donors (Lipinski definition) is 1. The van der Waals surface area contributed by atoms with E-state index in [1.165, 1.54) is 19.3 Å². The van der Waals surface area contributed by atoms with Gasteiger partial charge in [0.2, 0.25) is 0 Å². The van der Waals surface area contributed by atoms with Gasteiger partial charge in [-0.2, -0.15) is 0 Å². The fraction of sp³-hybridized carbons (Fsp3) is 0.588. The molecule has 1 spiro atoms. The van der Waals surface area contributed by atoms with Crippen molar-refractivity contribution in [3.8, 4) is 0 Å². The molecule has 2 N–H and O–H groups in total. The Labute approximate surface area is 132 Å². The quantitative estimate of drug-likeness (QED) is 0.895. The van der Waals surface area contributed by atoms with Crippen molar-refractivity contribution < 1.29 is 0 Å². The lowest BCUT2D eigenvalue weighted by atomic mass is 9.67. The molecule has 114 valence electrons. The number of guanidine groups is 1. The highest BCUT2D eigenvalue weighted by Gasteiger charge is 2.50. The van der Waals surface area contributed by atoms with Crippen LogP contribution in [0.5, 0.6) is 0 Å². The van der Waals surface area contributed by atoms with E-state index >= 15 is 0 Å². The second kappa shape index (κ2) is 5.53. The summed E-state index contributed by atoms with van der Waals surface area (Å²) in [6.07, 6.45) is 4.99. The molecule has 0 amide bonds. The standard InChI is InChI=1S/C17H24ClN3/c1-12(2)15-8-3-4-9-17(15)11-20-16(19)21(17)14-7-5-6-13(18)10-14/h5-7,10,12,15H,3-4,8-9,11H2,1-2H3,(H2,19,20). The van der Waals surface area contributed by atoms with Gasteiger partial charge in [0, 0.05) is 10.7 Å². The molecule has 2 aliphatic rings. The largest absolute Gasteiger partial charge is 0.369 e. The fourth-order valence-corrected chi connectivity index (χ4v) is 4.45. The molecule has 1 aliphatic heterocycles. The van der Waals surface area contributed by atoms with E-state index in [4.69, 9.17) is 17.3 Å². The molecule has 0 saturated heterocycles. The highest BCUT2D eigenvalue weighted by Crippen LogP contribution is 2.46. The predicted molar refractivity (Wildman–Crippen MR) is 89.9 cm³/mol. The van der Waals surface area contributed by atoms with Gasteiger partial charge in [-0.1, -0.05) is 44.4 Å². The molecule has 2 unspecified atom stereocenters. The molecule has 0 bridgehead atoms. The van der Waals surface area contributed by atoms with E-state index in [0.717, 1.165) is 23.7 Å². The molecule has 0 aromatic heterocycles. The maximum absolute atomic E-state index is 6.26. The summed E-state index contributed by atoms with van der Waals surface area (Å²) in [5.41, 5.74) is 7.38. The van der Waals surface area contributed by atoms with Crippen LogP contribution in [0.2, 0.25) is 5.02 Å². The number of halogens is 1. The van der Waals surface area contributed by atoms with Crippen molar-refractivity contribution >= 4 is 23.2 Å². The highest BCUT2D eigenvalue weighted by molar-refractivity contribution is 6.31. The summed E-state index contributed by atoms with van der Waals surface area (Å²) in [5, 5.41) is 0.749. The first-order chi connectivity index (χ1) is 10.0. The van der Waals surface area contributed by atoms with Crippen molar-refractivity contribution in [2.24, 2.45) is 22.6 Å². The lowest BCUT2D eigenvalue weighted by molar-refractivity contribution is 0.157. The normalized spacial score (nSPS) is 29.2. The molecule has 1 aromatic rings. The Hall–Kier alpha value is -1.22. The van der Waals surface area contributed by atoms with Crippen LogP contribution >= 0.6 is 11.6 Å². The zero-order valence-electron chi connectivity index (χ0n) is 12.8. The highest BCUT2D eigenvalue weighted by atomic mass is 35.5. The van der Waals surface area contributed by atoms with Crippen LogP contribution in [0.15, 0.2) is 29.3 Å². The third-order valence-electron chi connectivity index (χ3n) is 5.13. The minimum atomic E-state index is 0.0428. The van der Waals surface area contributed by atoms with Crippen molar-refractivity contribution in [3.63, 3.8) is 0 Å². The first-order valence-corrected chi connectivity index (χ1v) is 8.28. The maximum Gasteiger partial charge on any atom is 0.196 e. The van der Waals surface area contributed by atoms with Gasteiger partial charge < -0.3 is 10.6 Å². The Morgan fingerprint density at radius 3 is 2.90 bits per heavy atom. The predicted octanol–water partition coefficient (Wildman–Crippen LogP) is 4.06. The molecule has 1 fully saturated rings. The lowest BCUT2D eigenvalue weighted by Gasteiger charge is -2.49. The molecule has 1 aliphatic carbocycles. The fourth-order valence-electron chi connectivity index (χ4n) is 4.27. The first-order valence-electron chi connectivity index (χ1n) is 7.90. The minimum absolute atomic E-state index is 0.0428. The van der Waals surface area contributed by atoms with E-state index < -0.39 is 0 Å². The number of rotatable bonds is 2. The molecular weight excluding hydrogens is 282 g/mol. The second-order valence-corrected chi connectivity index (χ2v) is 7.13. The molecule has 0 radical (unpaired) electrons. The van der Waals surface area contributed by atoms with Gasteiger partial charge in [0.25, 0.3) is 0 Å². The smallest absolute Gasteiger partial charge is 0.196 e. The summed E-state index contributed by atoms with van der Waals surface area (Å²) in [7, 11) is 0. The van der Waals surface area contributed by atoms with Gasteiger partial charge in [-0.3, -0.25) is 4.99 Å². The number of anilines is 1. The number of nitrogens with two attached hydrogens (primary N) is 1. The van der Waals surface area contributed by atoms with E-state index in [-0.39, 0.29) is 5.54 Å². The SMILES string of the molecule is CC(C)C1CCCCC12CN=C(N)N2c1cccc(Cl)c1. The topological polar surface area (TPSA) is 41.6 Å². The summed E-state index contributed by atoms with van der Waals surface area (Å²) in [5.74, 6) is 1.90. The minimum Gasteiger partial charge on any atom is -0.369 e. The number of aliphatic imine (C=N–C) groups is 1. The van der Waals surface area contributed by atoms with Gasteiger partial charge in [-0.25, -0.2) is 0 Å². The number of hydrogen-bond acceptors (Lipinski definition) is 3. The van der Waals surface area contributed by atoms with Crippen LogP contribution in [0.1, 0.15) is 39.5 Å². The summed E-state index contributed by atoms with van der Waals surface area (Å²) in [4.78, 5) is 6.88. The van der Waals surface area contributed by atoms with Crippen LogP contribution < -0.4 is 10.6 Å². The lowest BCUT2D eigenvalue weighted by Crippen LogP contribution is -2.59. The molecule has 2 atom stereocenters. The van der Waals surface area contributed by atoms with Crippen LogP contribution in [0.3, 0.4) is 0 Å². The van der Waals surface area contributed by atoms with Gasteiger partial charge in [0.05, 0.1) is 12.1 Å². The van der Waals surface area contributed by atoms with Crippen molar-refractivity contribution in [2.75, 3.05) is 11.4 Å². The average molecular weight is 306 g/mol. The van der Waals surface area contributed by atoms with Crippen molar-refractivity contribution in [2.45, 2.75) is 45.1 Å². The molecule has 4 heteroatoms. The Bertz CT molecular complexity index is 555. The van der Waals surface area contributed by atoms with Gasteiger partial charge in [-0.15, -0.1) is 0 Å². The molecule has 1 saturated carbocycles. The van der Waals surface area contributed by atoms with Gasteiger partial charge >= 0.3 is 0 Å². The summed E-state index contributed by atoms with van der Waals surface area (Å²) in [6.45, 7) is 5.46. The van der Waals surface area contributed by atoms with E-state index in [2.05, 4.69) is 29.8 Å². The Balaban J connectivity index is 2.04. The monoisotopic (exact) mass is 305 g/mol. The van der Waals surface area contributed by atoms with Crippen molar-refractivity contribution in [1.29, 1.82) is 0 Å². The molecule has 3 rings (SSSR count). The molecule has 3 nitrogen and oxygen atoms in total. The molecule has 1 heterocycles. The number of benzene rings is 1. The van der Waals surface area contributed by atoms with E-state index in [1.54, 1.807) is 0 Å². The Morgan fingerprint density at radius 2 is 2.19 bits per heavy atom. The van der Waals surface area contributed by atoms with Crippen LogP contribution in [0.4, 0.5) is 5.69 Å². The molecule has 21 heavy (non-hydrogen) atoms. The third-order valence-corrected chi connectivity index (χ3v) is 5.36. The van der Waals surface area contributed by atoms with Crippen LogP contribution in [-0.4, -0.2) is 18.0 Å². The van der Waals surface area contributed by atoms with E-state index in [0.29, 0.717) is 17.8 Å². The van der Waals surface area contributed by atoms with Gasteiger partial charge in [0.1, 0.15) is 0 Å². The average Bonchev–Trinajstić information content (AvgIpc) is 2.76. The Kier molecular flexibility index (Phi) is 3.87. The summed E-state index contributed by atoms with van der Waals surface area (Å²) >= 11 is 6.19. The maximum atomic E-state index is 6.26. The van der Waals surface area contributed by atoms with Crippen molar-refractivity contribution in [1.82, 2.24) is 0 Å². The summed E-state index contributed by atoms with van der Waals surface area (Å²) < 4.78 is 0.